The Labute approximate surface area is 60.3 Å². The largest absolute Gasteiger partial charge is 0.387 e. The average Bonchev–Trinajstić information content (AvgIpc) is 1.90. The van der Waals surface area contributed by atoms with Gasteiger partial charge in [0.15, 0.2) is 0 Å². The normalized spacial score (nSPS) is 11.8. The van der Waals surface area contributed by atoms with E-state index in [1.54, 1.807) is 19.2 Å². The topological polar surface area (TPSA) is 68.1 Å². The monoisotopic (exact) mass is 140 g/mol. The molecule has 1 rings (SSSR count). The van der Waals surface area contributed by atoms with Crippen molar-refractivity contribution in [2.75, 3.05) is 0 Å². The van der Waals surface area contributed by atoms with Crippen molar-refractivity contribution in [1.82, 2.24) is 11.1 Å². The lowest BCUT2D eigenvalue weighted by atomic mass is 10.2. The van der Waals surface area contributed by atoms with E-state index in [4.69, 9.17) is 5.11 Å². The zero-order valence-corrected chi connectivity index (χ0v) is 5.99. The lowest BCUT2D eigenvalue weighted by molar-refractivity contribution is 0.194. The minimum atomic E-state index is -0.453. The highest BCUT2D eigenvalue weighted by Crippen LogP contribution is 2.05. The number of hydrogen-bond donors (Lipinski definition) is 2. The Morgan fingerprint density at radius 1 is 1.50 bits per heavy atom. The second-order valence-corrected chi connectivity index (χ2v) is 1.93. The summed E-state index contributed by atoms with van der Waals surface area (Å²) in [4.78, 5) is 3.93. The van der Waals surface area contributed by atoms with Gasteiger partial charge < -0.3 is 11.3 Å². The van der Waals surface area contributed by atoms with Crippen molar-refractivity contribution >= 4 is 0 Å². The fourth-order valence-electron chi connectivity index (χ4n) is 0.623. The molecule has 0 fully saturated rings. The van der Waals surface area contributed by atoms with Gasteiger partial charge in [0, 0.05) is 6.20 Å². The van der Waals surface area contributed by atoms with Crippen LogP contribution in [0.3, 0.4) is 0 Å². The van der Waals surface area contributed by atoms with E-state index in [2.05, 4.69) is 4.98 Å². The van der Waals surface area contributed by atoms with Crippen molar-refractivity contribution in [2.45, 2.75) is 13.0 Å². The molecule has 10 heavy (non-hydrogen) atoms. The molecule has 1 unspecified atom stereocenters. The maximum atomic E-state index is 8.96. The Bertz CT molecular complexity index is 174. The number of aliphatic hydroxyl groups excluding tert-OH is 1. The molecule has 3 nitrogen and oxygen atoms in total. The van der Waals surface area contributed by atoms with Gasteiger partial charge in [-0.3, -0.25) is 4.98 Å². The smallest absolute Gasteiger partial charge is 0.0931 e. The van der Waals surface area contributed by atoms with Crippen LogP contribution in [0.15, 0.2) is 24.4 Å². The Kier molecular flexibility index (Phi) is 3.61. The Balaban J connectivity index is 0.000000810. The summed E-state index contributed by atoms with van der Waals surface area (Å²) in [7, 11) is 0. The molecule has 56 valence electrons. The molecule has 1 aromatic rings. The summed E-state index contributed by atoms with van der Waals surface area (Å²) in [6.45, 7) is 1.70. The van der Waals surface area contributed by atoms with Crippen molar-refractivity contribution in [3.05, 3.63) is 30.1 Å². The van der Waals surface area contributed by atoms with Gasteiger partial charge in [-0.25, -0.2) is 0 Å². The number of hydrogen-bond acceptors (Lipinski definition) is 3. The molecule has 1 atom stereocenters. The van der Waals surface area contributed by atoms with Gasteiger partial charge in [0.1, 0.15) is 0 Å². The van der Waals surface area contributed by atoms with Gasteiger partial charge in [0.2, 0.25) is 0 Å². The SMILES string of the molecule is CC(O)c1ccccn1.N. The van der Waals surface area contributed by atoms with Crippen molar-refractivity contribution in [3.8, 4) is 0 Å². The van der Waals surface area contributed by atoms with Gasteiger partial charge in [-0.15, -0.1) is 0 Å². The first-order chi connectivity index (χ1) is 4.30. The standard InChI is InChI=1S/C7H9NO.H3N/c1-6(9)7-4-2-3-5-8-7;/h2-6,9H,1H3;1H3. The molecule has 0 bridgehead atoms. The van der Waals surface area contributed by atoms with E-state index in [0.29, 0.717) is 0 Å². The highest BCUT2D eigenvalue weighted by atomic mass is 16.3. The quantitative estimate of drug-likeness (QED) is 0.617. The van der Waals surface area contributed by atoms with E-state index in [-0.39, 0.29) is 6.15 Å². The lowest BCUT2D eigenvalue weighted by Crippen LogP contribution is -1.92. The summed E-state index contributed by atoms with van der Waals surface area (Å²) in [5, 5.41) is 8.96. The zero-order valence-electron chi connectivity index (χ0n) is 5.99. The molecule has 0 aliphatic heterocycles. The second kappa shape index (κ2) is 3.98. The van der Waals surface area contributed by atoms with Gasteiger partial charge in [0.25, 0.3) is 0 Å². The van der Waals surface area contributed by atoms with E-state index in [0.717, 1.165) is 5.69 Å². The lowest BCUT2D eigenvalue weighted by Gasteiger charge is -1.99. The summed E-state index contributed by atoms with van der Waals surface area (Å²) in [6.07, 6.45) is 1.22. The number of pyridine rings is 1. The highest BCUT2D eigenvalue weighted by Gasteiger charge is 1.97. The summed E-state index contributed by atoms with van der Waals surface area (Å²) in [5.74, 6) is 0. The minimum absolute atomic E-state index is 0. The van der Waals surface area contributed by atoms with Crippen LogP contribution in [-0.4, -0.2) is 10.1 Å². The van der Waals surface area contributed by atoms with E-state index in [1.807, 2.05) is 12.1 Å². The Hall–Kier alpha value is -0.930. The average molecular weight is 140 g/mol. The molecule has 0 saturated carbocycles. The van der Waals surface area contributed by atoms with Crippen LogP contribution in [0.5, 0.6) is 0 Å². The van der Waals surface area contributed by atoms with Gasteiger partial charge in [-0.1, -0.05) is 6.07 Å². The van der Waals surface area contributed by atoms with Crippen molar-refractivity contribution in [2.24, 2.45) is 0 Å². The third kappa shape index (κ3) is 2.13. The zero-order chi connectivity index (χ0) is 6.69. The molecule has 0 aliphatic carbocycles. The van der Waals surface area contributed by atoms with E-state index < -0.39 is 6.10 Å². The van der Waals surface area contributed by atoms with Crippen LogP contribution in [0.2, 0.25) is 0 Å². The van der Waals surface area contributed by atoms with Crippen LogP contribution >= 0.6 is 0 Å². The Morgan fingerprint density at radius 3 is 2.50 bits per heavy atom. The Morgan fingerprint density at radius 2 is 2.20 bits per heavy atom. The van der Waals surface area contributed by atoms with Crippen molar-refractivity contribution in [1.29, 1.82) is 0 Å². The van der Waals surface area contributed by atoms with Crippen LogP contribution < -0.4 is 6.15 Å². The first kappa shape index (κ1) is 9.07. The van der Waals surface area contributed by atoms with Gasteiger partial charge in [0.05, 0.1) is 11.8 Å². The number of nitrogens with zero attached hydrogens (tertiary/aromatic N) is 1. The number of rotatable bonds is 1. The van der Waals surface area contributed by atoms with Crippen LogP contribution in [0, 0.1) is 0 Å². The minimum Gasteiger partial charge on any atom is -0.387 e. The van der Waals surface area contributed by atoms with Gasteiger partial charge in [-0.2, -0.15) is 0 Å². The predicted octanol–water partition coefficient (Wildman–Crippen LogP) is 1.30. The molecular weight excluding hydrogens is 128 g/mol. The maximum Gasteiger partial charge on any atom is 0.0931 e. The summed E-state index contributed by atoms with van der Waals surface area (Å²) < 4.78 is 0. The fourth-order valence-corrected chi connectivity index (χ4v) is 0.623. The molecule has 1 aromatic heterocycles. The first-order valence-electron chi connectivity index (χ1n) is 2.89. The summed E-state index contributed by atoms with van der Waals surface area (Å²) in [5.41, 5.74) is 0.720. The molecule has 0 aliphatic rings. The van der Waals surface area contributed by atoms with Crippen molar-refractivity contribution in [3.63, 3.8) is 0 Å². The molecule has 0 amide bonds. The van der Waals surface area contributed by atoms with Crippen LogP contribution in [-0.2, 0) is 0 Å². The molecular formula is C7H12N2O. The predicted molar refractivity (Wildman–Crippen MR) is 39.9 cm³/mol. The molecule has 0 spiro atoms. The maximum absolute atomic E-state index is 8.96. The summed E-state index contributed by atoms with van der Waals surface area (Å²) >= 11 is 0. The van der Waals surface area contributed by atoms with Crippen LogP contribution in [0.4, 0.5) is 0 Å². The van der Waals surface area contributed by atoms with E-state index in [1.165, 1.54) is 0 Å². The van der Waals surface area contributed by atoms with Crippen LogP contribution in [0.25, 0.3) is 0 Å². The molecule has 1 heterocycles. The third-order valence-electron chi connectivity index (χ3n) is 1.12. The molecule has 0 radical (unpaired) electrons. The summed E-state index contributed by atoms with van der Waals surface area (Å²) in [6, 6.07) is 5.48. The van der Waals surface area contributed by atoms with Gasteiger partial charge >= 0.3 is 0 Å². The highest BCUT2D eigenvalue weighted by molar-refractivity contribution is 5.05. The second-order valence-electron chi connectivity index (χ2n) is 1.93. The number of aromatic nitrogens is 1. The van der Waals surface area contributed by atoms with Crippen LogP contribution in [0.1, 0.15) is 18.7 Å². The fraction of sp³-hybridized carbons (Fsp3) is 0.286. The molecule has 0 saturated heterocycles. The molecule has 3 heteroatoms. The molecule has 4 N–H and O–H groups in total. The number of aliphatic hydroxyl groups is 1. The molecule has 0 aromatic carbocycles. The van der Waals surface area contributed by atoms with Crippen molar-refractivity contribution < 1.29 is 5.11 Å². The van der Waals surface area contributed by atoms with E-state index >= 15 is 0 Å². The third-order valence-corrected chi connectivity index (χ3v) is 1.12. The first-order valence-corrected chi connectivity index (χ1v) is 2.89. The van der Waals surface area contributed by atoms with Gasteiger partial charge in [-0.05, 0) is 19.1 Å². The van der Waals surface area contributed by atoms with E-state index in [9.17, 15) is 0 Å².